The van der Waals surface area contributed by atoms with Gasteiger partial charge in [-0.3, -0.25) is 4.68 Å². The smallest absolute Gasteiger partial charge is 0.0685 e. The molecule has 0 saturated carbocycles. The molecule has 1 heterocycles. The predicted octanol–water partition coefficient (Wildman–Crippen LogP) is 3.62. The van der Waals surface area contributed by atoms with Gasteiger partial charge in [0.05, 0.1) is 11.7 Å². The molecular formula is C16H25N3. The monoisotopic (exact) mass is 259 g/mol. The summed E-state index contributed by atoms with van der Waals surface area (Å²) in [7, 11) is 0. The molecule has 0 bridgehead atoms. The number of benzene rings is 1. The van der Waals surface area contributed by atoms with Crippen LogP contribution in [0.2, 0.25) is 0 Å². The number of nitrogens with zero attached hydrogens (tertiary/aromatic N) is 2. The van der Waals surface area contributed by atoms with E-state index in [1.807, 2.05) is 6.20 Å². The molecule has 0 fully saturated rings. The molecule has 1 N–H and O–H groups in total. The fraction of sp³-hybridized carbons (Fsp3) is 0.562. The number of hydrogen-bond donors (Lipinski definition) is 1. The normalized spacial score (nSPS) is 13.3. The molecule has 2 aromatic rings. The second-order valence-corrected chi connectivity index (χ2v) is 5.74. The summed E-state index contributed by atoms with van der Waals surface area (Å²) >= 11 is 0. The van der Waals surface area contributed by atoms with E-state index >= 15 is 0 Å². The van der Waals surface area contributed by atoms with Gasteiger partial charge in [-0.15, -0.1) is 0 Å². The van der Waals surface area contributed by atoms with E-state index < -0.39 is 0 Å². The molecular weight excluding hydrogens is 234 g/mol. The van der Waals surface area contributed by atoms with Crippen molar-refractivity contribution >= 4 is 10.9 Å². The Kier molecular flexibility index (Phi) is 4.97. The number of aromatic nitrogens is 2. The first-order valence-corrected chi connectivity index (χ1v) is 7.31. The zero-order valence-electron chi connectivity index (χ0n) is 12.3. The molecule has 1 atom stereocenters. The van der Waals surface area contributed by atoms with E-state index in [9.17, 15) is 0 Å². The molecule has 0 spiro atoms. The summed E-state index contributed by atoms with van der Waals surface area (Å²) in [6.45, 7) is 8.94. The maximum absolute atomic E-state index is 4.52. The lowest BCUT2D eigenvalue weighted by Crippen LogP contribution is -2.21. The standard InChI is InChI=1S/C16H25N3/c1-13(2)11-17-10-6-7-14(3)19-16-9-5-4-8-15(16)12-18-19/h4-5,8-9,12-14,17H,6-7,10-11H2,1-3H3. The fourth-order valence-corrected chi connectivity index (χ4v) is 2.38. The van der Waals surface area contributed by atoms with Crippen LogP contribution in [0.15, 0.2) is 30.5 Å². The zero-order valence-corrected chi connectivity index (χ0v) is 12.3. The molecule has 104 valence electrons. The molecule has 19 heavy (non-hydrogen) atoms. The maximum Gasteiger partial charge on any atom is 0.0685 e. The third-order valence-electron chi connectivity index (χ3n) is 3.45. The summed E-state index contributed by atoms with van der Waals surface area (Å²) in [6.07, 6.45) is 4.32. The Morgan fingerprint density at radius 1 is 1.21 bits per heavy atom. The summed E-state index contributed by atoms with van der Waals surface area (Å²) in [5, 5.41) is 9.24. The molecule has 0 saturated heterocycles. The quantitative estimate of drug-likeness (QED) is 0.770. The SMILES string of the molecule is CC(C)CNCCCC(C)n1ncc2ccccc21. The van der Waals surface area contributed by atoms with Gasteiger partial charge in [-0.1, -0.05) is 32.0 Å². The van der Waals surface area contributed by atoms with Gasteiger partial charge in [0.2, 0.25) is 0 Å². The molecule has 0 aliphatic rings. The zero-order chi connectivity index (χ0) is 13.7. The van der Waals surface area contributed by atoms with Crippen molar-refractivity contribution in [1.82, 2.24) is 15.1 Å². The van der Waals surface area contributed by atoms with Crippen molar-refractivity contribution in [3.8, 4) is 0 Å². The average molecular weight is 259 g/mol. The van der Waals surface area contributed by atoms with E-state index in [0.717, 1.165) is 25.4 Å². The molecule has 0 radical (unpaired) electrons. The minimum Gasteiger partial charge on any atom is -0.316 e. The molecule has 3 heteroatoms. The van der Waals surface area contributed by atoms with E-state index in [0.29, 0.717) is 6.04 Å². The van der Waals surface area contributed by atoms with E-state index in [1.54, 1.807) is 0 Å². The van der Waals surface area contributed by atoms with Crippen LogP contribution in [-0.2, 0) is 0 Å². The highest BCUT2D eigenvalue weighted by Crippen LogP contribution is 2.20. The number of hydrogen-bond acceptors (Lipinski definition) is 2. The molecule has 1 unspecified atom stereocenters. The van der Waals surface area contributed by atoms with Crippen molar-refractivity contribution < 1.29 is 0 Å². The summed E-state index contributed by atoms with van der Waals surface area (Å²) in [6, 6.07) is 8.87. The van der Waals surface area contributed by atoms with E-state index in [2.05, 4.69) is 60.1 Å². The Bertz CT molecular complexity index is 501. The Morgan fingerprint density at radius 3 is 2.79 bits per heavy atom. The van der Waals surface area contributed by atoms with Gasteiger partial charge in [0.1, 0.15) is 0 Å². The second-order valence-electron chi connectivity index (χ2n) is 5.74. The van der Waals surface area contributed by atoms with Crippen LogP contribution in [0.25, 0.3) is 10.9 Å². The van der Waals surface area contributed by atoms with Gasteiger partial charge in [-0.2, -0.15) is 5.10 Å². The first-order chi connectivity index (χ1) is 9.18. The topological polar surface area (TPSA) is 29.9 Å². The molecule has 1 aromatic carbocycles. The largest absolute Gasteiger partial charge is 0.316 e. The molecule has 0 aliphatic heterocycles. The van der Waals surface area contributed by atoms with Gasteiger partial charge in [0.25, 0.3) is 0 Å². The first kappa shape index (κ1) is 14.1. The summed E-state index contributed by atoms with van der Waals surface area (Å²) in [5.41, 5.74) is 1.24. The second kappa shape index (κ2) is 6.71. The van der Waals surface area contributed by atoms with Gasteiger partial charge in [0.15, 0.2) is 0 Å². The Morgan fingerprint density at radius 2 is 2.00 bits per heavy atom. The van der Waals surface area contributed by atoms with Gasteiger partial charge >= 0.3 is 0 Å². The van der Waals surface area contributed by atoms with Crippen LogP contribution < -0.4 is 5.32 Å². The number of fused-ring (bicyclic) bond motifs is 1. The minimum atomic E-state index is 0.459. The Labute approximate surface area is 116 Å². The van der Waals surface area contributed by atoms with Crippen LogP contribution in [0.4, 0.5) is 0 Å². The Hall–Kier alpha value is -1.35. The summed E-state index contributed by atoms with van der Waals surface area (Å²) < 4.78 is 2.15. The lowest BCUT2D eigenvalue weighted by molar-refractivity contribution is 0.443. The van der Waals surface area contributed by atoms with Crippen LogP contribution in [0, 0.1) is 5.92 Å². The predicted molar refractivity (Wildman–Crippen MR) is 81.4 cm³/mol. The highest BCUT2D eigenvalue weighted by molar-refractivity contribution is 5.78. The molecule has 0 amide bonds. The summed E-state index contributed by atoms with van der Waals surface area (Å²) in [4.78, 5) is 0. The van der Waals surface area contributed by atoms with Gasteiger partial charge in [0, 0.05) is 11.4 Å². The van der Waals surface area contributed by atoms with Gasteiger partial charge in [-0.25, -0.2) is 0 Å². The molecule has 2 rings (SSSR count). The molecule has 0 aliphatic carbocycles. The van der Waals surface area contributed by atoms with E-state index in [1.165, 1.54) is 17.3 Å². The minimum absolute atomic E-state index is 0.459. The van der Waals surface area contributed by atoms with Crippen molar-refractivity contribution in [2.45, 2.75) is 39.7 Å². The van der Waals surface area contributed by atoms with Gasteiger partial charge in [-0.05, 0) is 44.8 Å². The lowest BCUT2D eigenvalue weighted by Gasteiger charge is -2.14. The maximum atomic E-state index is 4.52. The van der Waals surface area contributed by atoms with Crippen LogP contribution in [-0.4, -0.2) is 22.9 Å². The van der Waals surface area contributed by atoms with Crippen LogP contribution in [0.5, 0.6) is 0 Å². The lowest BCUT2D eigenvalue weighted by atomic mass is 10.1. The third kappa shape index (κ3) is 3.80. The third-order valence-corrected chi connectivity index (χ3v) is 3.45. The summed E-state index contributed by atoms with van der Waals surface area (Å²) in [5.74, 6) is 0.729. The number of rotatable bonds is 7. The van der Waals surface area contributed by atoms with Crippen molar-refractivity contribution in [1.29, 1.82) is 0 Å². The van der Waals surface area contributed by atoms with Crippen LogP contribution in [0.1, 0.15) is 39.7 Å². The van der Waals surface area contributed by atoms with Crippen LogP contribution >= 0.6 is 0 Å². The highest BCUT2D eigenvalue weighted by Gasteiger charge is 2.08. The fourth-order valence-electron chi connectivity index (χ4n) is 2.38. The van der Waals surface area contributed by atoms with Crippen molar-refractivity contribution in [3.63, 3.8) is 0 Å². The molecule has 1 aromatic heterocycles. The number of para-hydroxylation sites is 1. The number of nitrogens with one attached hydrogen (secondary N) is 1. The highest BCUT2D eigenvalue weighted by atomic mass is 15.3. The van der Waals surface area contributed by atoms with E-state index in [-0.39, 0.29) is 0 Å². The molecule has 3 nitrogen and oxygen atoms in total. The van der Waals surface area contributed by atoms with Crippen LogP contribution in [0.3, 0.4) is 0 Å². The van der Waals surface area contributed by atoms with Crippen molar-refractivity contribution in [2.24, 2.45) is 5.92 Å². The van der Waals surface area contributed by atoms with Gasteiger partial charge < -0.3 is 5.32 Å². The Balaban J connectivity index is 1.84. The first-order valence-electron chi connectivity index (χ1n) is 7.31. The average Bonchev–Trinajstić information content (AvgIpc) is 2.81. The van der Waals surface area contributed by atoms with Crippen molar-refractivity contribution in [3.05, 3.63) is 30.5 Å². The van der Waals surface area contributed by atoms with E-state index in [4.69, 9.17) is 0 Å². The van der Waals surface area contributed by atoms with Crippen molar-refractivity contribution in [2.75, 3.05) is 13.1 Å².